The molecule has 0 aromatic heterocycles. The first-order valence-electron chi connectivity index (χ1n) is 10.7. The number of ether oxygens (including phenoxy) is 1. The zero-order valence-electron chi connectivity index (χ0n) is 18.5. The van der Waals surface area contributed by atoms with E-state index < -0.39 is 19.2 Å². The Morgan fingerprint density at radius 3 is 2.59 bits per heavy atom. The highest BCUT2D eigenvalue weighted by Crippen LogP contribution is 2.32. The minimum absolute atomic E-state index is 0.0340. The second kappa shape index (κ2) is 10.2. The number of carbonyl (C=O) groups is 1. The maximum atomic E-state index is 12.4. The van der Waals surface area contributed by atoms with Crippen molar-refractivity contribution in [2.45, 2.75) is 52.0 Å². The summed E-state index contributed by atoms with van der Waals surface area (Å²) in [6.07, 6.45) is -2.75. The SMILES string of the molecule is C=Cc1c(OCCC(F)(F)F)ccc2c1CCN(Cc1ccc(C(C)NC(C)=O)cc1)C2. The summed E-state index contributed by atoms with van der Waals surface area (Å²) in [4.78, 5) is 13.6. The van der Waals surface area contributed by atoms with Crippen LogP contribution in [0, 0.1) is 0 Å². The number of alkyl halides is 3. The summed E-state index contributed by atoms with van der Waals surface area (Å²) >= 11 is 0. The van der Waals surface area contributed by atoms with Crippen molar-refractivity contribution in [3.05, 3.63) is 70.8 Å². The van der Waals surface area contributed by atoms with Crippen LogP contribution in [0.5, 0.6) is 5.75 Å². The minimum atomic E-state index is -4.23. The number of hydrogen-bond acceptors (Lipinski definition) is 3. The van der Waals surface area contributed by atoms with Crippen molar-refractivity contribution in [1.82, 2.24) is 10.2 Å². The summed E-state index contributed by atoms with van der Waals surface area (Å²) in [7, 11) is 0. The average Bonchev–Trinajstić information content (AvgIpc) is 2.72. The summed E-state index contributed by atoms with van der Waals surface area (Å²) in [5.41, 5.74) is 5.27. The molecular formula is C25H29F3N2O2. The van der Waals surface area contributed by atoms with Gasteiger partial charge in [-0.15, -0.1) is 0 Å². The van der Waals surface area contributed by atoms with Crippen LogP contribution in [0.15, 0.2) is 43.0 Å². The fourth-order valence-electron chi connectivity index (χ4n) is 4.04. The van der Waals surface area contributed by atoms with Gasteiger partial charge >= 0.3 is 6.18 Å². The molecule has 0 spiro atoms. The van der Waals surface area contributed by atoms with Crippen molar-refractivity contribution in [2.24, 2.45) is 0 Å². The molecule has 1 aliphatic rings. The summed E-state index contributed by atoms with van der Waals surface area (Å²) < 4.78 is 42.7. The van der Waals surface area contributed by atoms with Gasteiger partial charge in [-0.05, 0) is 41.7 Å². The third-order valence-electron chi connectivity index (χ3n) is 5.64. The lowest BCUT2D eigenvalue weighted by molar-refractivity contribution is -0.139. The zero-order valence-corrected chi connectivity index (χ0v) is 18.5. The van der Waals surface area contributed by atoms with Crippen molar-refractivity contribution in [2.75, 3.05) is 13.2 Å². The van der Waals surface area contributed by atoms with E-state index in [-0.39, 0.29) is 11.9 Å². The van der Waals surface area contributed by atoms with Gasteiger partial charge < -0.3 is 10.1 Å². The van der Waals surface area contributed by atoms with Crippen LogP contribution in [-0.4, -0.2) is 30.1 Å². The Morgan fingerprint density at radius 2 is 1.97 bits per heavy atom. The number of carbonyl (C=O) groups excluding carboxylic acids is 1. The van der Waals surface area contributed by atoms with Crippen LogP contribution in [0.25, 0.3) is 6.08 Å². The number of rotatable bonds is 8. The molecule has 4 nitrogen and oxygen atoms in total. The van der Waals surface area contributed by atoms with Crippen LogP contribution in [0.2, 0.25) is 0 Å². The van der Waals surface area contributed by atoms with Gasteiger partial charge in [0.2, 0.25) is 5.91 Å². The van der Waals surface area contributed by atoms with E-state index in [1.165, 1.54) is 12.5 Å². The Balaban J connectivity index is 1.64. The minimum Gasteiger partial charge on any atom is -0.493 e. The van der Waals surface area contributed by atoms with Crippen molar-refractivity contribution in [3.63, 3.8) is 0 Å². The van der Waals surface area contributed by atoms with Crippen molar-refractivity contribution >= 4 is 12.0 Å². The molecule has 0 bridgehead atoms. The van der Waals surface area contributed by atoms with Gasteiger partial charge in [-0.3, -0.25) is 9.69 Å². The lowest BCUT2D eigenvalue weighted by atomic mass is 9.93. The van der Waals surface area contributed by atoms with E-state index in [1.807, 2.05) is 25.1 Å². The van der Waals surface area contributed by atoms with Crippen molar-refractivity contribution in [1.29, 1.82) is 0 Å². The predicted octanol–water partition coefficient (Wildman–Crippen LogP) is 5.42. The van der Waals surface area contributed by atoms with Gasteiger partial charge in [0.05, 0.1) is 19.1 Å². The second-order valence-corrected chi connectivity index (χ2v) is 8.16. The molecule has 1 atom stereocenters. The molecule has 0 saturated carbocycles. The predicted molar refractivity (Wildman–Crippen MR) is 119 cm³/mol. The highest BCUT2D eigenvalue weighted by Gasteiger charge is 2.27. The van der Waals surface area contributed by atoms with Gasteiger partial charge in [-0.1, -0.05) is 43.0 Å². The summed E-state index contributed by atoms with van der Waals surface area (Å²) in [5.74, 6) is 0.404. The van der Waals surface area contributed by atoms with E-state index in [2.05, 4.69) is 28.9 Å². The lowest BCUT2D eigenvalue weighted by Crippen LogP contribution is -2.30. The fraction of sp³-hybridized carbons (Fsp3) is 0.400. The molecule has 0 aliphatic carbocycles. The van der Waals surface area contributed by atoms with E-state index in [9.17, 15) is 18.0 Å². The van der Waals surface area contributed by atoms with E-state index in [0.717, 1.165) is 48.3 Å². The maximum Gasteiger partial charge on any atom is 0.392 e. The second-order valence-electron chi connectivity index (χ2n) is 8.16. The van der Waals surface area contributed by atoms with Crippen LogP contribution in [0.1, 0.15) is 54.1 Å². The monoisotopic (exact) mass is 446 g/mol. The highest BCUT2D eigenvalue weighted by molar-refractivity contribution is 5.73. The first-order valence-corrected chi connectivity index (χ1v) is 10.7. The first-order chi connectivity index (χ1) is 15.2. The Morgan fingerprint density at radius 1 is 1.25 bits per heavy atom. The Labute approximate surface area is 187 Å². The molecule has 0 radical (unpaired) electrons. The van der Waals surface area contributed by atoms with E-state index in [0.29, 0.717) is 5.75 Å². The molecule has 1 aliphatic heterocycles. The van der Waals surface area contributed by atoms with Gasteiger partial charge in [0.1, 0.15) is 5.75 Å². The quantitative estimate of drug-likeness (QED) is 0.589. The smallest absolute Gasteiger partial charge is 0.392 e. The number of amides is 1. The molecular weight excluding hydrogens is 417 g/mol. The first kappa shape index (κ1) is 23.9. The summed E-state index contributed by atoms with van der Waals surface area (Å²) in [5, 5.41) is 2.88. The summed E-state index contributed by atoms with van der Waals surface area (Å²) in [6, 6.07) is 11.9. The zero-order chi connectivity index (χ0) is 23.3. The van der Waals surface area contributed by atoms with E-state index >= 15 is 0 Å². The third kappa shape index (κ3) is 6.36. The molecule has 2 aromatic rings. The van der Waals surface area contributed by atoms with Crippen LogP contribution >= 0.6 is 0 Å². The number of hydrogen-bond donors (Lipinski definition) is 1. The van der Waals surface area contributed by atoms with Crippen LogP contribution in [-0.2, 0) is 24.3 Å². The van der Waals surface area contributed by atoms with E-state index in [1.54, 1.807) is 12.1 Å². The lowest BCUT2D eigenvalue weighted by Gasteiger charge is -2.30. The molecule has 1 amide bonds. The molecule has 1 N–H and O–H groups in total. The van der Waals surface area contributed by atoms with Crippen molar-refractivity contribution in [3.8, 4) is 5.75 Å². The Hall–Kier alpha value is -2.80. The number of fused-ring (bicyclic) bond motifs is 1. The Bertz CT molecular complexity index is 955. The average molecular weight is 447 g/mol. The van der Waals surface area contributed by atoms with Crippen molar-refractivity contribution < 1.29 is 22.7 Å². The van der Waals surface area contributed by atoms with Gasteiger partial charge in [0, 0.05) is 32.1 Å². The van der Waals surface area contributed by atoms with Crippen LogP contribution in [0.3, 0.4) is 0 Å². The highest BCUT2D eigenvalue weighted by atomic mass is 19.4. The molecule has 2 aromatic carbocycles. The number of nitrogens with zero attached hydrogens (tertiary/aromatic N) is 1. The third-order valence-corrected chi connectivity index (χ3v) is 5.64. The Kier molecular flexibility index (Phi) is 7.61. The normalized spacial score (nSPS) is 15.0. The van der Waals surface area contributed by atoms with Crippen LogP contribution < -0.4 is 10.1 Å². The number of benzene rings is 2. The molecule has 1 heterocycles. The number of halogens is 3. The molecule has 0 fully saturated rings. The van der Waals surface area contributed by atoms with Gasteiger partial charge in [-0.25, -0.2) is 0 Å². The summed E-state index contributed by atoms with van der Waals surface area (Å²) in [6.45, 7) is 9.29. The topological polar surface area (TPSA) is 41.6 Å². The van der Waals surface area contributed by atoms with Gasteiger partial charge in [-0.2, -0.15) is 13.2 Å². The van der Waals surface area contributed by atoms with Gasteiger partial charge in [0.25, 0.3) is 0 Å². The van der Waals surface area contributed by atoms with Crippen LogP contribution in [0.4, 0.5) is 13.2 Å². The van der Waals surface area contributed by atoms with E-state index in [4.69, 9.17) is 4.74 Å². The van der Waals surface area contributed by atoms with Gasteiger partial charge in [0.15, 0.2) is 0 Å². The largest absolute Gasteiger partial charge is 0.493 e. The molecule has 172 valence electrons. The number of nitrogens with one attached hydrogen (secondary N) is 1. The molecule has 3 rings (SSSR count). The standard InChI is InChI=1S/C25H29F3N2O2/c1-4-22-23-11-13-30(15-19-5-7-20(8-6-19)17(2)29-18(3)31)16-21(23)9-10-24(22)32-14-12-25(26,27)28/h4-10,17H,1,11-16H2,2-3H3,(H,29,31). The maximum absolute atomic E-state index is 12.4. The molecule has 0 saturated heterocycles. The molecule has 32 heavy (non-hydrogen) atoms. The fourth-order valence-corrected chi connectivity index (χ4v) is 4.04. The molecule has 7 heteroatoms. The molecule has 1 unspecified atom stereocenters.